The highest BCUT2D eigenvalue weighted by Gasteiger charge is 2.18. The topological polar surface area (TPSA) is 74.6 Å². The number of ketones is 1. The molecule has 36 heavy (non-hydrogen) atoms. The van der Waals surface area contributed by atoms with Crippen LogP contribution in [0.1, 0.15) is 110 Å². The molecule has 0 fully saturated rings. The van der Waals surface area contributed by atoms with Gasteiger partial charge >= 0.3 is 11.9 Å². The number of rotatable bonds is 17. The Morgan fingerprint density at radius 1 is 0.889 bits per heavy atom. The van der Waals surface area contributed by atoms with E-state index in [2.05, 4.69) is 6.92 Å². The van der Waals surface area contributed by atoms with E-state index in [1.807, 2.05) is 24.3 Å². The van der Waals surface area contributed by atoms with Crippen molar-refractivity contribution in [2.24, 2.45) is 0 Å². The molecule has 0 radical (unpaired) electrons. The minimum absolute atomic E-state index is 0.0568. The number of hydrogen-bond donors (Lipinski definition) is 0. The lowest BCUT2D eigenvalue weighted by Crippen LogP contribution is -2.10. The number of methoxy groups -OCH3 is 1. The summed E-state index contributed by atoms with van der Waals surface area (Å²) in [6.45, 7) is 4.76. The second-order valence-corrected chi connectivity index (χ2v) is 9.06. The van der Waals surface area contributed by atoms with E-state index in [0.29, 0.717) is 30.8 Å². The first-order valence-electron chi connectivity index (χ1n) is 13.2. The fourth-order valence-corrected chi connectivity index (χ4v) is 4.10. The zero-order valence-electron chi connectivity index (χ0n) is 22.1. The van der Waals surface area contributed by atoms with Gasteiger partial charge in [-0.05, 0) is 36.6 Å². The van der Waals surface area contributed by atoms with E-state index >= 15 is 0 Å². The molecule has 0 saturated heterocycles. The zero-order chi connectivity index (χ0) is 26.2. The molecule has 2 aromatic rings. The average molecular weight is 496 g/mol. The van der Waals surface area contributed by atoms with Crippen molar-refractivity contribution in [3.63, 3.8) is 0 Å². The van der Waals surface area contributed by atoms with Gasteiger partial charge in [-0.2, -0.15) is 0 Å². The maximum atomic E-state index is 12.8. The van der Waals surface area contributed by atoms with E-state index in [4.69, 9.17) is 9.47 Å². The molecule has 0 saturated carbocycles. The van der Waals surface area contributed by atoms with Crippen LogP contribution < -0.4 is 0 Å². The summed E-state index contributed by atoms with van der Waals surface area (Å²) >= 11 is 0. The number of Topliss-reactive ketones (excluding diaryl/α,β-unsaturated/α-hetero) is 1. The van der Waals surface area contributed by atoms with Crippen molar-refractivity contribution in [3.8, 4) is 0 Å². The molecule has 1 aromatic heterocycles. The first kappa shape index (κ1) is 29.1. The third-order valence-corrected chi connectivity index (χ3v) is 6.15. The molecule has 0 atom stereocenters. The predicted molar refractivity (Wildman–Crippen MR) is 143 cm³/mol. The van der Waals surface area contributed by atoms with Crippen LogP contribution in [0.4, 0.5) is 0 Å². The van der Waals surface area contributed by atoms with Crippen molar-refractivity contribution in [1.82, 2.24) is 4.57 Å². The Morgan fingerprint density at radius 3 is 2.14 bits per heavy atom. The third kappa shape index (κ3) is 10.2. The van der Waals surface area contributed by atoms with Crippen molar-refractivity contribution in [2.45, 2.75) is 84.6 Å². The maximum absolute atomic E-state index is 12.8. The van der Waals surface area contributed by atoms with Crippen LogP contribution >= 0.6 is 0 Å². The number of benzene rings is 1. The van der Waals surface area contributed by atoms with E-state index in [0.717, 1.165) is 24.0 Å². The van der Waals surface area contributed by atoms with E-state index in [9.17, 15) is 14.4 Å². The Bertz CT molecular complexity index is 987. The Hall–Kier alpha value is -3.15. The van der Waals surface area contributed by atoms with Gasteiger partial charge in [-0.15, -0.1) is 0 Å². The van der Waals surface area contributed by atoms with E-state index in [-0.39, 0.29) is 11.8 Å². The van der Waals surface area contributed by atoms with Gasteiger partial charge in [0.2, 0.25) is 0 Å². The molecule has 0 aliphatic carbocycles. The third-order valence-electron chi connectivity index (χ3n) is 6.15. The summed E-state index contributed by atoms with van der Waals surface area (Å²) in [5.41, 5.74) is 2.73. The fourth-order valence-electron chi connectivity index (χ4n) is 4.10. The standard InChI is InChI=1S/C30H41NO5/c1-4-6-7-8-9-10-11-12-13-14-28(32)26-21-27(30(34)35-3)31(23-26)22-25-17-15-24(16-18-25)19-20-29(33)36-5-2/h15-21,23H,4-14,22H2,1-3H3/b20-19+. The van der Waals surface area contributed by atoms with Crippen LogP contribution in [0, 0.1) is 0 Å². The van der Waals surface area contributed by atoms with Crippen LogP contribution in [0.3, 0.4) is 0 Å². The lowest BCUT2D eigenvalue weighted by molar-refractivity contribution is -0.137. The van der Waals surface area contributed by atoms with Crippen LogP contribution in [0.15, 0.2) is 42.6 Å². The van der Waals surface area contributed by atoms with Gasteiger partial charge in [0.1, 0.15) is 5.69 Å². The van der Waals surface area contributed by atoms with Crippen LogP contribution in [0.5, 0.6) is 0 Å². The highest BCUT2D eigenvalue weighted by Crippen LogP contribution is 2.18. The molecule has 196 valence electrons. The van der Waals surface area contributed by atoms with Crippen molar-refractivity contribution in [2.75, 3.05) is 13.7 Å². The quantitative estimate of drug-likeness (QED) is 0.102. The fraction of sp³-hybridized carbons (Fsp3) is 0.500. The smallest absolute Gasteiger partial charge is 0.354 e. The molecule has 0 aliphatic heterocycles. The number of unbranched alkanes of at least 4 members (excludes halogenated alkanes) is 8. The van der Waals surface area contributed by atoms with Crippen molar-refractivity contribution < 1.29 is 23.9 Å². The Kier molecular flexibility index (Phi) is 13.3. The molecule has 0 aliphatic rings. The summed E-state index contributed by atoms with van der Waals surface area (Å²) in [4.78, 5) is 36.6. The lowest BCUT2D eigenvalue weighted by atomic mass is 10.0. The van der Waals surface area contributed by atoms with Crippen molar-refractivity contribution >= 4 is 23.8 Å². The van der Waals surface area contributed by atoms with E-state index in [1.54, 1.807) is 29.8 Å². The molecular weight excluding hydrogens is 454 g/mol. The normalized spacial score (nSPS) is 11.1. The lowest BCUT2D eigenvalue weighted by Gasteiger charge is -2.08. The zero-order valence-corrected chi connectivity index (χ0v) is 22.1. The van der Waals surface area contributed by atoms with Crippen molar-refractivity contribution in [3.05, 3.63) is 65.0 Å². The second-order valence-electron chi connectivity index (χ2n) is 9.06. The first-order valence-corrected chi connectivity index (χ1v) is 13.2. The number of nitrogens with zero attached hydrogens (tertiary/aromatic N) is 1. The van der Waals surface area contributed by atoms with Gasteiger partial charge in [0.25, 0.3) is 0 Å². The number of esters is 2. The van der Waals surface area contributed by atoms with Gasteiger partial charge in [-0.25, -0.2) is 9.59 Å². The van der Waals surface area contributed by atoms with Gasteiger partial charge in [0, 0.05) is 30.8 Å². The number of ether oxygens (including phenoxy) is 2. The highest BCUT2D eigenvalue weighted by atomic mass is 16.5. The molecule has 6 nitrogen and oxygen atoms in total. The highest BCUT2D eigenvalue weighted by molar-refractivity contribution is 5.99. The molecule has 1 heterocycles. The average Bonchev–Trinajstić information content (AvgIpc) is 3.30. The Balaban J connectivity index is 1.93. The van der Waals surface area contributed by atoms with Gasteiger partial charge < -0.3 is 14.0 Å². The molecule has 1 aromatic carbocycles. The SMILES string of the molecule is CCCCCCCCCCCC(=O)c1cc(C(=O)OC)n(Cc2ccc(/C=C/C(=O)OCC)cc2)c1. The van der Waals surface area contributed by atoms with Crippen molar-refractivity contribution in [1.29, 1.82) is 0 Å². The number of aromatic nitrogens is 1. The van der Waals surface area contributed by atoms with Crippen LogP contribution in [-0.4, -0.2) is 36.0 Å². The molecule has 6 heteroatoms. The first-order chi connectivity index (χ1) is 17.5. The van der Waals surface area contributed by atoms with E-state index < -0.39 is 5.97 Å². The van der Waals surface area contributed by atoms with Crippen LogP contribution in [-0.2, 0) is 20.8 Å². The van der Waals surface area contributed by atoms with Gasteiger partial charge in [0.15, 0.2) is 5.78 Å². The van der Waals surface area contributed by atoms with Gasteiger partial charge in [-0.3, -0.25) is 4.79 Å². The minimum Gasteiger partial charge on any atom is -0.464 e. The Morgan fingerprint density at radius 2 is 1.53 bits per heavy atom. The molecule has 0 amide bonds. The van der Waals surface area contributed by atoms with Crippen LogP contribution in [0.25, 0.3) is 6.08 Å². The molecule has 0 bridgehead atoms. The second kappa shape index (κ2) is 16.5. The minimum atomic E-state index is -0.467. The predicted octanol–water partition coefficient (Wildman–Crippen LogP) is 7.00. The number of carbonyl (C=O) groups is 3. The van der Waals surface area contributed by atoms with Crippen LogP contribution in [0.2, 0.25) is 0 Å². The Labute approximate surface area is 215 Å². The molecule has 2 rings (SSSR count). The number of carbonyl (C=O) groups excluding carboxylic acids is 3. The summed E-state index contributed by atoms with van der Waals surface area (Å²) in [5, 5.41) is 0. The largest absolute Gasteiger partial charge is 0.464 e. The van der Waals surface area contributed by atoms with Gasteiger partial charge in [-0.1, -0.05) is 82.6 Å². The summed E-state index contributed by atoms with van der Waals surface area (Å²) < 4.78 is 11.6. The maximum Gasteiger partial charge on any atom is 0.354 e. The molecule has 0 spiro atoms. The summed E-state index contributed by atoms with van der Waals surface area (Å²) in [7, 11) is 1.34. The molecule has 0 unspecified atom stereocenters. The summed E-state index contributed by atoms with van der Waals surface area (Å²) in [5.74, 6) is -0.788. The summed E-state index contributed by atoms with van der Waals surface area (Å²) in [6.07, 6.45) is 16.2. The van der Waals surface area contributed by atoms with Gasteiger partial charge in [0.05, 0.1) is 13.7 Å². The monoisotopic (exact) mass is 495 g/mol. The molecular formula is C30H41NO5. The summed E-state index contributed by atoms with van der Waals surface area (Å²) in [6, 6.07) is 9.27. The number of hydrogen-bond acceptors (Lipinski definition) is 5. The van der Waals surface area contributed by atoms with E-state index in [1.165, 1.54) is 58.1 Å². The molecule has 0 N–H and O–H groups in total.